The quantitative estimate of drug-likeness (QED) is 0.862. The average molecular weight is 272 g/mol. The van der Waals surface area contributed by atoms with Crippen molar-refractivity contribution in [3.05, 3.63) is 16.4 Å². The molecule has 1 N–H and O–H groups in total. The standard InChI is InChI=1S/C13H22ClN3O/c1-10-13(14)12(16(2)15-10)9-17(7-4-8-18)11-5-3-6-11/h11,18H,3-9H2,1-2H3. The van der Waals surface area contributed by atoms with Crippen LogP contribution in [-0.4, -0.2) is 39.0 Å². The van der Waals surface area contributed by atoms with E-state index in [4.69, 9.17) is 16.7 Å². The van der Waals surface area contributed by atoms with Gasteiger partial charge in [0.15, 0.2) is 0 Å². The molecule has 5 heteroatoms. The van der Waals surface area contributed by atoms with Gasteiger partial charge in [-0.05, 0) is 26.2 Å². The molecule has 0 unspecified atom stereocenters. The fourth-order valence-electron chi connectivity index (χ4n) is 2.46. The lowest BCUT2D eigenvalue weighted by molar-refractivity contribution is 0.107. The molecule has 1 heterocycles. The maximum absolute atomic E-state index is 9.00. The Morgan fingerprint density at radius 1 is 1.50 bits per heavy atom. The van der Waals surface area contributed by atoms with E-state index in [2.05, 4.69) is 10.00 Å². The Hall–Kier alpha value is -0.580. The summed E-state index contributed by atoms with van der Waals surface area (Å²) in [5.41, 5.74) is 1.98. The molecule has 1 aromatic heterocycles. The van der Waals surface area contributed by atoms with Gasteiger partial charge in [0.2, 0.25) is 0 Å². The minimum absolute atomic E-state index is 0.251. The Labute approximate surface area is 114 Å². The SMILES string of the molecule is Cc1nn(C)c(CN(CCCO)C2CCC2)c1Cl. The second-order valence-corrected chi connectivity index (χ2v) is 5.48. The summed E-state index contributed by atoms with van der Waals surface area (Å²) in [6, 6.07) is 0.655. The number of nitrogens with zero attached hydrogens (tertiary/aromatic N) is 3. The van der Waals surface area contributed by atoms with Crippen molar-refractivity contribution in [2.75, 3.05) is 13.2 Å². The lowest BCUT2D eigenvalue weighted by atomic mass is 9.91. The van der Waals surface area contributed by atoms with Crippen molar-refractivity contribution in [2.24, 2.45) is 7.05 Å². The number of aryl methyl sites for hydroxylation is 2. The van der Waals surface area contributed by atoms with E-state index >= 15 is 0 Å². The fourth-order valence-corrected chi connectivity index (χ4v) is 2.68. The summed E-state index contributed by atoms with van der Waals surface area (Å²) in [4.78, 5) is 2.43. The number of halogens is 1. The van der Waals surface area contributed by atoms with Gasteiger partial charge in [-0.25, -0.2) is 0 Å². The molecule has 0 spiro atoms. The molecule has 0 radical (unpaired) electrons. The molecule has 102 valence electrons. The third-order valence-corrected chi connectivity index (χ3v) is 4.30. The molecular formula is C13H22ClN3O. The first-order valence-electron chi connectivity index (χ1n) is 6.66. The Morgan fingerprint density at radius 2 is 2.22 bits per heavy atom. The normalized spacial score (nSPS) is 16.3. The van der Waals surface area contributed by atoms with Crippen molar-refractivity contribution in [1.82, 2.24) is 14.7 Å². The molecule has 0 amide bonds. The minimum atomic E-state index is 0.251. The van der Waals surface area contributed by atoms with Crippen LogP contribution in [0.4, 0.5) is 0 Å². The van der Waals surface area contributed by atoms with E-state index in [1.807, 2.05) is 18.7 Å². The number of rotatable bonds is 6. The van der Waals surface area contributed by atoms with Gasteiger partial charge in [0.1, 0.15) is 0 Å². The monoisotopic (exact) mass is 271 g/mol. The molecular weight excluding hydrogens is 250 g/mol. The van der Waals surface area contributed by atoms with Crippen molar-refractivity contribution in [3.8, 4) is 0 Å². The van der Waals surface area contributed by atoms with Gasteiger partial charge in [0, 0.05) is 32.8 Å². The van der Waals surface area contributed by atoms with Crippen LogP contribution in [0, 0.1) is 6.92 Å². The smallest absolute Gasteiger partial charge is 0.0860 e. The second kappa shape index (κ2) is 6.04. The molecule has 1 aliphatic carbocycles. The van der Waals surface area contributed by atoms with E-state index in [1.165, 1.54) is 19.3 Å². The average Bonchev–Trinajstić information content (AvgIpc) is 2.50. The minimum Gasteiger partial charge on any atom is -0.396 e. The molecule has 0 saturated heterocycles. The Balaban J connectivity index is 2.07. The van der Waals surface area contributed by atoms with Gasteiger partial charge in [0.05, 0.1) is 16.4 Å². The highest BCUT2D eigenvalue weighted by Gasteiger charge is 2.26. The number of hydrogen-bond acceptors (Lipinski definition) is 3. The highest BCUT2D eigenvalue weighted by atomic mass is 35.5. The van der Waals surface area contributed by atoms with Crippen LogP contribution in [0.5, 0.6) is 0 Å². The lowest BCUT2D eigenvalue weighted by Gasteiger charge is -2.37. The molecule has 1 saturated carbocycles. The summed E-state index contributed by atoms with van der Waals surface area (Å²) in [5, 5.41) is 14.1. The second-order valence-electron chi connectivity index (χ2n) is 5.10. The summed E-state index contributed by atoms with van der Waals surface area (Å²) >= 11 is 6.30. The van der Waals surface area contributed by atoms with Crippen LogP contribution in [0.15, 0.2) is 0 Å². The summed E-state index contributed by atoms with van der Waals surface area (Å²) in [6.45, 7) is 3.96. The van der Waals surface area contributed by atoms with Gasteiger partial charge in [-0.3, -0.25) is 9.58 Å². The summed E-state index contributed by atoms with van der Waals surface area (Å²) < 4.78 is 1.88. The topological polar surface area (TPSA) is 41.3 Å². The van der Waals surface area contributed by atoms with Crippen LogP contribution in [0.2, 0.25) is 5.02 Å². The number of aromatic nitrogens is 2. The maximum atomic E-state index is 9.00. The molecule has 18 heavy (non-hydrogen) atoms. The zero-order valence-electron chi connectivity index (χ0n) is 11.2. The Bertz CT molecular complexity index is 401. The van der Waals surface area contributed by atoms with Gasteiger partial charge in [0.25, 0.3) is 0 Å². The predicted octanol–water partition coefficient (Wildman–Crippen LogP) is 2.12. The van der Waals surface area contributed by atoms with Gasteiger partial charge in [-0.1, -0.05) is 18.0 Å². The molecule has 0 aliphatic heterocycles. The molecule has 0 bridgehead atoms. The molecule has 0 aromatic carbocycles. The van der Waals surface area contributed by atoms with Crippen LogP contribution >= 0.6 is 11.6 Å². The molecule has 2 rings (SSSR count). The molecule has 4 nitrogen and oxygen atoms in total. The maximum Gasteiger partial charge on any atom is 0.0860 e. The van der Waals surface area contributed by atoms with Crippen LogP contribution in [-0.2, 0) is 13.6 Å². The predicted molar refractivity (Wildman–Crippen MR) is 72.7 cm³/mol. The van der Waals surface area contributed by atoms with Gasteiger partial charge < -0.3 is 5.11 Å². The Morgan fingerprint density at radius 3 is 2.67 bits per heavy atom. The van der Waals surface area contributed by atoms with Crippen molar-refractivity contribution >= 4 is 11.6 Å². The van der Waals surface area contributed by atoms with Crippen molar-refractivity contribution < 1.29 is 5.11 Å². The van der Waals surface area contributed by atoms with Gasteiger partial charge >= 0.3 is 0 Å². The summed E-state index contributed by atoms with van der Waals surface area (Å²) in [5.74, 6) is 0. The number of hydrogen-bond donors (Lipinski definition) is 1. The van der Waals surface area contributed by atoms with Crippen LogP contribution in [0.25, 0.3) is 0 Å². The fraction of sp³-hybridized carbons (Fsp3) is 0.769. The lowest BCUT2D eigenvalue weighted by Crippen LogP contribution is -2.40. The van der Waals surface area contributed by atoms with E-state index in [0.29, 0.717) is 6.04 Å². The summed E-state index contributed by atoms with van der Waals surface area (Å²) in [6.07, 6.45) is 4.67. The molecule has 1 aromatic rings. The van der Waals surface area contributed by atoms with E-state index in [1.54, 1.807) is 0 Å². The summed E-state index contributed by atoms with van der Waals surface area (Å²) in [7, 11) is 1.94. The van der Waals surface area contributed by atoms with Crippen LogP contribution in [0.1, 0.15) is 37.1 Å². The molecule has 0 atom stereocenters. The van der Waals surface area contributed by atoms with Crippen molar-refractivity contribution in [2.45, 2.75) is 45.2 Å². The van der Waals surface area contributed by atoms with Gasteiger partial charge in [-0.15, -0.1) is 0 Å². The Kier molecular flexibility index (Phi) is 4.65. The number of aliphatic hydroxyl groups is 1. The van der Waals surface area contributed by atoms with E-state index < -0.39 is 0 Å². The van der Waals surface area contributed by atoms with Gasteiger partial charge in [-0.2, -0.15) is 5.10 Å². The largest absolute Gasteiger partial charge is 0.396 e. The first kappa shape index (κ1) is 13.8. The highest BCUT2D eigenvalue weighted by Crippen LogP contribution is 2.28. The molecule has 1 aliphatic rings. The zero-order valence-corrected chi connectivity index (χ0v) is 11.9. The zero-order chi connectivity index (χ0) is 13.1. The van der Waals surface area contributed by atoms with Crippen molar-refractivity contribution in [3.63, 3.8) is 0 Å². The number of aliphatic hydroxyl groups excluding tert-OH is 1. The van der Waals surface area contributed by atoms with E-state index in [0.717, 1.165) is 35.9 Å². The van der Waals surface area contributed by atoms with E-state index in [9.17, 15) is 0 Å². The van der Waals surface area contributed by atoms with Crippen LogP contribution < -0.4 is 0 Å². The molecule has 1 fully saturated rings. The van der Waals surface area contributed by atoms with Crippen LogP contribution in [0.3, 0.4) is 0 Å². The third kappa shape index (κ3) is 2.87. The van der Waals surface area contributed by atoms with Crippen molar-refractivity contribution in [1.29, 1.82) is 0 Å². The first-order valence-corrected chi connectivity index (χ1v) is 7.04. The highest BCUT2D eigenvalue weighted by molar-refractivity contribution is 6.31. The van der Waals surface area contributed by atoms with E-state index in [-0.39, 0.29) is 6.61 Å². The first-order chi connectivity index (χ1) is 8.63. The third-order valence-electron chi connectivity index (χ3n) is 3.81.